The molecule has 1 aliphatic carbocycles. The summed E-state index contributed by atoms with van der Waals surface area (Å²) in [5.41, 5.74) is 12.5. The van der Waals surface area contributed by atoms with E-state index >= 15 is 0 Å². The summed E-state index contributed by atoms with van der Waals surface area (Å²) in [6.07, 6.45) is 3.86. The van der Waals surface area contributed by atoms with Gasteiger partial charge in [-0.25, -0.2) is 4.39 Å². The number of halogens is 1. The number of primary amides is 1. The van der Waals surface area contributed by atoms with Crippen molar-refractivity contribution in [1.29, 1.82) is 5.41 Å². The van der Waals surface area contributed by atoms with Crippen LogP contribution in [0.5, 0.6) is 0 Å². The van der Waals surface area contributed by atoms with Crippen LogP contribution < -0.4 is 16.8 Å². The highest BCUT2D eigenvalue weighted by Crippen LogP contribution is 2.30. The van der Waals surface area contributed by atoms with E-state index in [1.54, 1.807) is 23.0 Å². The molecule has 0 aliphatic heterocycles. The Morgan fingerprint density at radius 1 is 1.36 bits per heavy atom. The van der Waals surface area contributed by atoms with Gasteiger partial charge in [0.2, 0.25) is 0 Å². The average Bonchev–Trinajstić information content (AvgIpc) is 3.00. The largest absolute Gasteiger partial charge is 0.365 e. The van der Waals surface area contributed by atoms with Crippen molar-refractivity contribution in [2.45, 2.75) is 25.3 Å². The van der Waals surface area contributed by atoms with Gasteiger partial charge in [0.25, 0.3) is 5.91 Å². The third kappa shape index (κ3) is 3.69. The number of aromatic nitrogens is 2. The molecule has 3 rings (SSSR count). The molecule has 8 heteroatoms. The molecule has 0 radical (unpaired) electrons. The molecule has 0 saturated heterocycles. The Bertz CT molecular complexity index is 785. The third-order valence-electron chi connectivity index (χ3n) is 4.52. The van der Waals surface area contributed by atoms with Crippen LogP contribution in [0.2, 0.25) is 0 Å². The van der Waals surface area contributed by atoms with Crippen LogP contribution >= 0.6 is 0 Å². The lowest BCUT2D eigenvalue weighted by Gasteiger charge is -2.28. The van der Waals surface area contributed by atoms with E-state index in [0.29, 0.717) is 36.1 Å². The van der Waals surface area contributed by atoms with Crippen LogP contribution in [0, 0.1) is 17.1 Å². The summed E-state index contributed by atoms with van der Waals surface area (Å²) in [6, 6.07) is 5.52. The number of benzene rings is 1. The van der Waals surface area contributed by atoms with Crippen molar-refractivity contribution in [2.75, 3.05) is 11.9 Å². The number of nitrogens with zero attached hydrogens (tertiary/aromatic N) is 2. The van der Waals surface area contributed by atoms with E-state index in [-0.39, 0.29) is 17.4 Å². The van der Waals surface area contributed by atoms with E-state index in [1.807, 2.05) is 0 Å². The van der Waals surface area contributed by atoms with Gasteiger partial charge in [-0.15, -0.1) is 0 Å². The molecule has 7 nitrogen and oxygen atoms in total. The monoisotopic (exact) mass is 344 g/mol. The summed E-state index contributed by atoms with van der Waals surface area (Å²) < 4.78 is 14.6. The van der Waals surface area contributed by atoms with Crippen LogP contribution in [-0.2, 0) is 0 Å². The van der Waals surface area contributed by atoms with Crippen LogP contribution in [-0.4, -0.2) is 27.9 Å². The number of hydrogen-bond donors (Lipinski definition) is 4. The summed E-state index contributed by atoms with van der Waals surface area (Å²) in [4.78, 5) is 11.7. The van der Waals surface area contributed by atoms with Gasteiger partial charge in [0, 0.05) is 17.6 Å². The minimum atomic E-state index is -0.613. The smallest absolute Gasteiger partial charge is 0.254 e. The molecule has 0 spiro atoms. The maximum atomic E-state index is 13.0. The highest BCUT2D eigenvalue weighted by molar-refractivity contribution is 5.98. The molecule has 0 bridgehead atoms. The van der Waals surface area contributed by atoms with E-state index in [0.717, 1.165) is 12.8 Å². The lowest BCUT2D eigenvalue weighted by atomic mass is 9.84. The van der Waals surface area contributed by atoms with E-state index in [1.165, 1.54) is 12.1 Å². The molecule has 6 N–H and O–H groups in total. The molecular formula is C17H21FN6O. The number of carbonyl (C=O) groups is 1. The Morgan fingerprint density at radius 3 is 2.68 bits per heavy atom. The Morgan fingerprint density at radius 2 is 2.08 bits per heavy atom. The van der Waals surface area contributed by atoms with E-state index in [4.69, 9.17) is 16.9 Å². The summed E-state index contributed by atoms with van der Waals surface area (Å²) in [5.74, 6) is -0.339. The fourth-order valence-electron chi connectivity index (χ4n) is 3.10. The van der Waals surface area contributed by atoms with Gasteiger partial charge < -0.3 is 22.2 Å². The summed E-state index contributed by atoms with van der Waals surface area (Å²) in [5, 5.41) is 15.7. The number of carbonyl (C=O) groups excluding carboxylic acids is 1. The Kier molecular flexibility index (Phi) is 4.80. The second-order valence-corrected chi connectivity index (χ2v) is 6.29. The molecular weight excluding hydrogens is 323 g/mol. The number of nitrogens with two attached hydrogens (primary N) is 2. The number of nitrogens with one attached hydrogen (secondary N) is 2. The molecule has 1 fully saturated rings. The second-order valence-electron chi connectivity index (χ2n) is 6.29. The molecule has 132 valence electrons. The van der Waals surface area contributed by atoms with E-state index < -0.39 is 5.91 Å². The molecule has 1 unspecified atom stereocenters. The molecule has 1 saturated carbocycles. The van der Waals surface area contributed by atoms with Gasteiger partial charge in [0.1, 0.15) is 11.4 Å². The van der Waals surface area contributed by atoms with Crippen molar-refractivity contribution < 1.29 is 9.18 Å². The van der Waals surface area contributed by atoms with Crippen LogP contribution in [0.1, 0.15) is 35.7 Å². The second kappa shape index (κ2) is 7.02. The SMILES string of the molecule is N=C1CC(CN)CC[C@H]1n1cc(C(N)=O)c(Nc2ccc(F)cc2)n1. The molecule has 1 aliphatic rings. The summed E-state index contributed by atoms with van der Waals surface area (Å²) in [7, 11) is 0. The zero-order chi connectivity index (χ0) is 18.0. The molecule has 25 heavy (non-hydrogen) atoms. The minimum absolute atomic E-state index is 0.204. The number of hydrogen-bond acceptors (Lipinski definition) is 5. The van der Waals surface area contributed by atoms with Crippen molar-refractivity contribution in [3.05, 3.63) is 41.8 Å². The normalized spacial score (nSPS) is 20.5. The predicted octanol–water partition coefficient (Wildman–Crippen LogP) is 2.18. The van der Waals surface area contributed by atoms with Gasteiger partial charge in [-0.1, -0.05) is 0 Å². The van der Waals surface area contributed by atoms with Crippen molar-refractivity contribution >= 4 is 23.1 Å². The maximum absolute atomic E-state index is 13.0. The Balaban J connectivity index is 1.86. The lowest BCUT2D eigenvalue weighted by molar-refractivity contribution is 0.100. The molecule has 1 amide bonds. The van der Waals surface area contributed by atoms with Crippen LogP contribution in [0.3, 0.4) is 0 Å². The van der Waals surface area contributed by atoms with Crippen LogP contribution in [0.4, 0.5) is 15.9 Å². The zero-order valence-electron chi connectivity index (χ0n) is 13.7. The first-order valence-corrected chi connectivity index (χ1v) is 8.17. The molecule has 1 aromatic carbocycles. The lowest BCUT2D eigenvalue weighted by Crippen LogP contribution is -2.30. The van der Waals surface area contributed by atoms with Gasteiger partial charge in [0.15, 0.2) is 5.82 Å². The first-order chi connectivity index (χ1) is 12.0. The van der Waals surface area contributed by atoms with E-state index in [2.05, 4.69) is 10.4 Å². The van der Waals surface area contributed by atoms with Crippen molar-refractivity contribution in [3.63, 3.8) is 0 Å². The number of amides is 1. The first kappa shape index (κ1) is 17.1. The van der Waals surface area contributed by atoms with Gasteiger partial charge in [-0.05, 0) is 56.0 Å². The molecule has 1 heterocycles. The van der Waals surface area contributed by atoms with Crippen LogP contribution in [0.15, 0.2) is 30.5 Å². The van der Waals surface area contributed by atoms with Crippen molar-refractivity contribution in [1.82, 2.24) is 9.78 Å². The summed E-state index contributed by atoms with van der Waals surface area (Å²) >= 11 is 0. The summed E-state index contributed by atoms with van der Waals surface area (Å²) in [6.45, 7) is 0.568. The fraction of sp³-hybridized carbons (Fsp3) is 0.353. The molecule has 1 aromatic heterocycles. The molecule has 2 atom stereocenters. The highest BCUT2D eigenvalue weighted by atomic mass is 19.1. The topological polar surface area (TPSA) is 123 Å². The van der Waals surface area contributed by atoms with Gasteiger partial charge in [0.05, 0.1) is 6.04 Å². The van der Waals surface area contributed by atoms with Crippen LogP contribution in [0.25, 0.3) is 0 Å². The maximum Gasteiger partial charge on any atom is 0.254 e. The quantitative estimate of drug-likeness (QED) is 0.664. The Hall–Kier alpha value is -2.74. The fourth-order valence-corrected chi connectivity index (χ4v) is 3.10. The Labute approximate surface area is 144 Å². The van der Waals surface area contributed by atoms with Crippen molar-refractivity contribution in [2.24, 2.45) is 17.4 Å². The predicted molar refractivity (Wildman–Crippen MR) is 93.6 cm³/mol. The van der Waals surface area contributed by atoms with Crippen molar-refractivity contribution in [3.8, 4) is 0 Å². The number of rotatable bonds is 5. The van der Waals surface area contributed by atoms with Gasteiger partial charge in [-0.3, -0.25) is 9.48 Å². The van der Waals surface area contributed by atoms with Gasteiger partial charge in [-0.2, -0.15) is 5.10 Å². The standard InChI is InChI=1S/C17H21FN6O/c18-11-2-4-12(5-3-11)22-17-13(16(21)25)9-24(23-17)15-6-1-10(8-19)7-14(15)20/h2-5,9-10,15,20H,1,6-8,19H2,(H2,21,25)(H,22,23)/t10?,15-/m1/s1. The third-order valence-corrected chi connectivity index (χ3v) is 4.52. The highest BCUT2D eigenvalue weighted by Gasteiger charge is 2.28. The molecule has 2 aromatic rings. The minimum Gasteiger partial charge on any atom is -0.365 e. The van der Waals surface area contributed by atoms with E-state index in [9.17, 15) is 9.18 Å². The first-order valence-electron chi connectivity index (χ1n) is 8.17. The van der Waals surface area contributed by atoms with Gasteiger partial charge >= 0.3 is 0 Å². The average molecular weight is 344 g/mol. The number of anilines is 2. The zero-order valence-corrected chi connectivity index (χ0v) is 13.7.